The molecule has 0 unspecified atom stereocenters. The topological polar surface area (TPSA) is 35.9 Å². The van der Waals surface area contributed by atoms with Gasteiger partial charge in [0.15, 0.2) is 0 Å². The summed E-state index contributed by atoms with van der Waals surface area (Å²) in [5, 5.41) is 5.49. The van der Waals surface area contributed by atoms with Gasteiger partial charge in [0.05, 0.1) is 11.3 Å². The third kappa shape index (κ3) is 3.21. The molecule has 0 bridgehead atoms. The SMILES string of the molecule is CC1=NN(C)C(=O)C1=C/C=C/c1ccc(N(C)C)cc1C. The highest BCUT2D eigenvalue weighted by molar-refractivity contribution is 6.23. The van der Waals surface area contributed by atoms with Gasteiger partial charge in [0.1, 0.15) is 0 Å². The predicted octanol–water partition coefficient (Wildman–Crippen LogP) is 2.85. The molecule has 0 saturated heterocycles. The Balaban J connectivity index is 2.19. The summed E-state index contributed by atoms with van der Waals surface area (Å²) in [5.74, 6) is -0.0585. The van der Waals surface area contributed by atoms with Gasteiger partial charge in [0, 0.05) is 26.8 Å². The molecule has 4 heteroatoms. The number of anilines is 1. The fourth-order valence-electron chi connectivity index (χ4n) is 2.22. The van der Waals surface area contributed by atoms with E-state index in [0.717, 1.165) is 11.3 Å². The zero-order valence-electron chi connectivity index (χ0n) is 13.2. The number of amides is 1. The van der Waals surface area contributed by atoms with Crippen molar-refractivity contribution in [3.8, 4) is 0 Å². The van der Waals surface area contributed by atoms with Crippen LogP contribution in [0.1, 0.15) is 18.1 Å². The van der Waals surface area contributed by atoms with Crippen molar-refractivity contribution < 1.29 is 4.79 Å². The first-order valence-electron chi connectivity index (χ1n) is 6.90. The maximum absolute atomic E-state index is 11.8. The van der Waals surface area contributed by atoms with Gasteiger partial charge < -0.3 is 4.90 Å². The van der Waals surface area contributed by atoms with E-state index in [4.69, 9.17) is 0 Å². The summed E-state index contributed by atoms with van der Waals surface area (Å²) in [4.78, 5) is 13.9. The van der Waals surface area contributed by atoms with Gasteiger partial charge in [-0.3, -0.25) is 4.79 Å². The number of hydrogen-bond donors (Lipinski definition) is 0. The van der Waals surface area contributed by atoms with Gasteiger partial charge in [-0.1, -0.05) is 18.2 Å². The molecule has 2 rings (SSSR count). The van der Waals surface area contributed by atoms with Crippen molar-refractivity contribution in [3.05, 3.63) is 47.1 Å². The van der Waals surface area contributed by atoms with Crippen LogP contribution in [0.2, 0.25) is 0 Å². The predicted molar refractivity (Wildman–Crippen MR) is 88.5 cm³/mol. The number of nitrogens with zero attached hydrogens (tertiary/aromatic N) is 3. The van der Waals surface area contributed by atoms with E-state index in [-0.39, 0.29) is 5.91 Å². The first kappa shape index (κ1) is 15.0. The third-order valence-electron chi connectivity index (χ3n) is 3.52. The van der Waals surface area contributed by atoms with Crippen LogP contribution in [0.15, 0.2) is 41.0 Å². The van der Waals surface area contributed by atoms with E-state index in [1.807, 2.05) is 39.2 Å². The van der Waals surface area contributed by atoms with Gasteiger partial charge in [-0.05, 0) is 43.2 Å². The van der Waals surface area contributed by atoms with Crippen molar-refractivity contribution in [2.45, 2.75) is 13.8 Å². The first-order chi connectivity index (χ1) is 9.90. The van der Waals surface area contributed by atoms with Gasteiger partial charge in [-0.15, -0.1) is 0 Å². The maximum Gasteiger partial charge on any atom is 0.275 e. The highest BCUT2D eigenvalue weighted by Crippen LogP contribution is 2.19. The van der Waals surface area contributed by atoms with Gasteiger partial charge in [-0.2, -0.15) is 5.10 Å². The number of aryl methyl sites for hydroxylation is 1. The number of benzene rings is 1. The molecule has 0 atom stereocenters. The molecule has 1 aliphatic heterocycles. The summed E-state index contributed by atoms with van der Waals surface area (Å²) >= 11 is 0. The van der Waals surface area contributed by atoms with Crippen molar-refractivity contribution >= 4 is 23.4 Å². The van der Waals surface area contributed by atoms with Crippen molar-refractivity contribution in [1.82, 2.24) is 5.01 Å². The van der Waals surface area contributed by atoms with Crippen LogP contribution in [0.3, 0.4) is 0 Å². The molecule has 110 valence electrons. The van der Waals surface area contributed by atoms with Crippen LogP contribution in [0.5, 0.6) is 0 Å². The summed E-state index contributed by atoms with van der Waals surface area (Å²) in [6.07, 6.45) is 5.74. The molecule has 0 aliphatic carbocycles. The van der Waals surface area contributed by atoms with Gasteiger partial charge in [-0.25, -0.2) is 5.01 Å². The highest BCUT2D eigenvalue weighted by Gasteiger charge is 2.23. The Labute approximate surface area is 126 Å². The Morgan fingerprint density at radius 2 is 1.95 bits per heavy atom. The van der Waals surface area contributed by atoms with Crippen LogP contribution in [0.25, 0.3) is 6.08 Å². The maximum atomic E-state index is 11.8. The standard InChI is InChI=1S/C17H21N3O/c1-12-11-15(19(3)4)10-9-14(12)7-6-8-16-13(2)18-20(5)17(16)21/h6-11H,1-5H3/b7-6+,16-8?. The van der Waals surface area contributed by atoms with Crippen LogP contribution < -0.4 is 4.90 Å². The molecule has 0 saturated carbocycles. The van der Waals surface area contributed by atoms with E-state index in [9.17, 15) is 4.79 Å². The smallest absolute Gasteiger partial charge is 0.275 e. The van der Waals surface area contributed by atoms with E-state index < -0.39 is 0 Å². The molecule has 0 aromatic heterocycles. The minimum atomic E-state index is -0.0585. The average molecular weight is 283 g/mol. The quantitative estimate of drug-likeness (QED) is 0.800. The average Bonchev–Trinajstić information content (AvgIpc) is 2.66. The minimum absolute atomic E-state index is 0.0585. The molecule has 0 N–H and O–H groups in total. The number of rotatable bonds is 3. The van der Waals surface area contributed by atoms with Crippen LogP contribution in [-0.4, -0.2) is 37.8 Å². The van der Waals surface area contributed by atoms with Gasteiger partial charge in [0.25, 0.3) is 5.91 Å². The fourth-order valence-corrected chi connectivity index (χ4v) is 2.22. The Bertz CT molecular complexity index is 654. The number of hydrazone groups is 1. The molecule has 0 radical (unpaired) electrons. The molecule has 1 amide bonds. The molecule has 4 nitrogen and oxygen atoms in total. The second kappa shape index (κ2) is 5.95. The van der Waals surface area contributed by atoms with Gasteiger partial charge in [0.2, 0.25) is 0 Å². The summed E-state index contributed by atoms with van der Waals surface area (Å²) in [6, 6.07) is 6.32. The van der Waals surface area contributed by atoms with E-state index in [1.54, 1.807) is 7.05 Å². The third-order valence-corrected chi connectivity index (χ3v) is 3.52. The van der Waals surface area contributed by atoms with Crippen LogP contribution >= 0.6 is 0 Å². The number of carbonyl (C=O) groups excluding carboxylic acids is 1. The molecule has 0 fully saturated rings. The normalized spacial score (nSPS) is 17.0. The Kier molecular flexibility index (Phi) is 4.26. The molecular weight excluding hydrogens is 262 g/mol. The van der Waals surface area contributed by atoms with E-state index >= 15 is 0 Å². The lowest BCUT2D eigenvalue weighted by Crippen LogP contribution is -2.16. The first-order valence-corrected chi connectivity index (χ1v) is 6.90. The Morgan fingerprint density at radius 3 is 2.48 bits per heavy atom. The van der Waals surface area contributed by atoms with E-state index in [1.165, 1.54) is 16.3 Å². The lowest BCUT2D eigenvalue weighted by Gasteiger charge is -2.13. The monoisotopic (exact) mass is 283 g/mol. The summed E-state index contributed by atoms with van der Waals surface area (Å²) in [7, 11) is 5.72. The Morgan fingerprint density at radius 1 is 1.24 bits per heavy atom. The molecule has 1 heterocycles. The van der Waals surface area contributed by atoms with E-state index in [2.05, 4.69) is 35.1 Å². The lowest BCUT2D eigenvalue weighted by atomic mass is 10.1. The molecule has 21 heavy (non-hydrogen) atoms. The molecule has 0 spiro atoms. The summed E-state index contributed by atoms with van der Waals surface area (Å²) in [6.45, 7) is 3.93. The molecule has 1 aliphatic rings. The number of likely N-dealkylation sites (N-methyl/N-ethyl adjacent to an activating group) is 1. The van der Waals surface area contributed by atoms with Crippen LogP contribution in [0, 0.1) is 6.92 Å². The molecular formula is C17H21N3O. The largest absolute Gasteiger partial charge is 0.378 e. The van der Waals surface area contributed by atoms with Crippen LogP contribution in [0.4, 0.5) is 5.69 Å². The highest BCUT2D eigenvalue weighted by atomic mass is 16.2. The summed E-state index contributed by atoms with van der Waals surface area (Å²) < 4.78 is 0. The van der Waals surface area contributed by atoms with Crippen molar-refractivity contribution in [3.63, 3.8) is 0 Å². The van der Waals surface area contributed by atoms with Crippen molar-refractivity contribution in [2.24, 2.45) is 5.10 Å². The zero-order chi connectivity index (χ0) is 15.6. The van der Waals surface area contributed by atoms with Crippen molar-refractivity contribution in [2.75, 3.05) is 26.0 Å². The summed E-state index contributed by atoms with van der Waals surface area (Å²) in [5.41, 5.74) is 4.93. The number of carbonyl (C=O) groups is 1. The van der Waals surface area contributed by atoms with Crippen LogP contribution in [-0.2, 0) is 4.79 Å². The second-order valence-corrected chi connectivity index (χ2v) is 5.39. The number of hydrogen-bond acceptors (Lipinski definition) is 3. The fraction of sp³-hybridized carbons (Fsp3) is 0.294. The zero-order valence-corrected chi connectivity index (χ0v) is 13.2. The number of allylic oxidation sites excluding steroid dienone is 2. The molecule has 1 aromatic rings. The lowest BCUT2D eigenvalue weighted by molar-refractivity contribution is -0.124. The second-order valence-electron chi connectivity index (χ2n) is 5.39. The minimum Gasteiger partial charge on any atom is -0.378 e. The van der Waals surface area contributed by atoms with E-state index in [0.29, 0.717) is 5.57 Å². The van der Waals surface area contributed by atoms with Gasteiger partial charge >= 0.3 is 0 Å². The Hall–Kier alpha value is -2.36. The molecule has 1 aromatic carbocycles. The van der Waals surface area contributed by atoms with Crippen molar-refractivity contribution in [1.29, 1.82) is 0 Å².